The standard InChI is InChI=1S/C15H20O5S/c1-3-9-21(19,20)14-8-7-11(2)10-12(14)13(16)5-4-6-15(17)18/h7-8,10H,3-6,9H2,1-2H3,(H,17,18). The molecule has 0 aliphatic heterocycles. The Labute approximate surface area is 124 Å². The van der Waals surface area contributed by atoms with Crippen molar-refractivity contribution in [3.8, 4) is 0 Å². The van der Waals surface area contributed by atoms with E-state index in [0.29, 0.717) is 6.42 Å². The number of rotatable bonds is 8. The van der Waals surface area contributed by atoms with Crippen LogP contribution in [-0.2, 0) is 14.6 Å². The highest BCUT2D eigenvalue weighted by atomic mass is 32.2. The van der Waals surface area contributed by atoms with Gasteiger partial charge in [-0.3, -0.25) is 9.59 Å². The van der Waals surface area contributed by atoms with Crippen molar-refractivity contribution in [3.63, 3.8) is 0 Å². The highest BCUT2D eigenvalue weighted by molar-refractivity contribution is 7.91. The molecule has 0 amide bonds. The summed E-state index contributed by atoms with van der Waals surface area (Å²) in [6.07, 6.45) is 0.608. The second kappa shape index (κ2) is 7.36. The minimum Gasteiger partial charge on any atom is -0.481 e. The van der Waals surface area contributed by atoms with Gasteiger partial charge < -0.3 is 5.11 Å². The predicted molar refractivity (Wildman–Crippen MR) is 79.3 cm³/mol. The molecular formula is C15H20O5S. The van der Waals surface area contributed by atoms with E-state index in [2.05, 4.69) is 0 Å². The molecule has 0 fully saturated rings. The van der Waals surface area contributed by atoms with Crippen LogP contribution in [0.2, 0.25) is 0 Å². The molecule has 0 aromatic heterocycles. The lowest BCUT2D eigenvalue weighted by Crippen LogP contribution is -2.13. The van der Waals surface area contributed by atoms with Gasteiger partial charge in [-0.2, -0.15) is 0 Å². The molecular weight excluding hydrogens is 292 g/mol. The molecule has 1 aromatic carbocycles. The Hall–Kier alpha value is -1.69. The number of ketones is 1. The molecule has 116 valence electrons. The van der Waals surface area contributed by atoms with Crippen LogP contribution in [0, 0.1) is 6.92 Å². The van der Waals surface area contributed by atoms with E-state index in [1.165, 1.54) is 6.07 Å². The number of hydrogen-bond donors (Lipinski definition) is 1. The maximum Gasteiger partial charge on any atom is 0.303 e. The number of carboxylic acids is 1. The third-order valence-electron chi connectivity index (χ3n) is 3.04. The molecule has 1 aromatic rings. The third-order valence-corrected chi connectivity index (χ3v) is 5.01. The Morgan fingerprint density at radius 2 is 1.86 bits per heavy atom. The van der Waals surface area contributed by atoms with E-state index in [0.717, 1.165) is 5.56 Å². The van der Waals surface area contributed by atoms with Crippen LogP contribution in [0.5, 0.6) is 0 Å². The summed E-state index contributed by atoms with van der Waals surface area (Å²) < 4.78 is 24.4. The van der Waals surface area contributed by atoms with E-state index < -0.39 is 15.8 Å². The maximum atomic E-state index is 12.2. The second-order valence-electron chi connectivity index (χ2n) is 4.99. The summed E-state index contributed by atoms with van der Waals surface area (Å²) in [5, 5.41) is 8.59. The van der Waals surface area contributed by atoms with Crippen molar-refractivity contribution in [3.05, 3.63) is 29.3 Å². The van der Waals surface area contributed by atoms with Crippen LogP contribution in [0.3, 0.4) is 0 Å². The Morgan fingerprint density at radius 1 is 1.19 bits per heavy atom. The SMILES string of the molecule is CCCS(=O)(=O)c1ccc(C)cc1C(=O)CCCC(=O)O. The highest BCUT2D eigenvalue weighted by Crippen LogP contribution is 2.22. The molecule has 0 aliphatic carbocycles. The summed E-state index contributed by atoms with van der Waals surface area (Å²) in [6.45, 7) is 3.55. The van der Waals surface area contributed by atoms with Crippen LogP contribution in [0.15, 0.2) is 23.1 Å². The molecule has 0 unspecified atom stereocenters. The first kappa shape index (κ1) is 17.4. The summed E-state index contributed by atoms with van der Waals surface area (Å²) in [5.74, 6) is -1.30. The van der Waals surface area contributed by atoms with Gasteiger partial charge in [0.25, 0.3) is 0 Å². The van der Waals surface area contributed by atoms with Crippen molar-refractivity contribution < 1.29 is 23.1 Å². The summed E-state index contributed by atoms with van der Waals surface area (Å²) in [5.41, 5.74) is 0.973. The van der Waals surface area contributed by atoms with Crippen LogP contribution in [0.25, 0.3) is 0 Å². The second-order valence-corrected chi connectivity index (χ2v) is 7.07. The average Bonchev–Trinajstić information content (AvgIpc) is 2.37. The predicted octanol–water partition coefficient (Wildman–Crippen LogP) is 2.62. The van der Waals surface area contributed by atoms with E-state index in [1.54, 1.807) is 26.0 Å². The van der Waals surface area contributed by atoms with E-state index in [-0.39, 0.29) is 41.3 Å². The Kier molecular flexibility index (Phi) is 6.08. The van der Waals surface area contributed by atoms with Gasteiger partial charge in [-0.15, -0.1) is 0 Å². The van der Waals surface area contributed by atoms with Crippen LogP contribution >= 0.6 is 0 Å². The van der Waals surface area contributed by atoms with E-state index in [4.69, 9.17) is 5.11 Å². The number of carbonyl (C=O) groups excluding carboxylic acids is 1. The monoisotopic (exact) mass is 312 g/mol. The number of hydrogen-bond acceptors (Lipinski definition) is 4. The summed E-state index contributed by atoms with van der Waals surface area (Å²) in [6, 6.07) is 4.69. The summed E-state index contributed by atoms with van der Waals surface area (Å²) in [4.78, 5) is 22.7. The average molecular weight is 312 g/mol. The fraction of sp³-hybridized carbons (Fsp3) is 0.467. The Morgan fingerprint density at radius 3 is 2.43 bits per heavy atom. The van der Waals surface area contributed by atoms with Gasteiger partial charge in [0, 0.05) is 18.4 Å². The summed E-state index contributed by atoms with van der Waals surface area (Å²) >= 11 is 0. The van der Waals surface area contributed by atoms with Gasteiger partial charge >= 0.3 is 5.97 Å². The molecule has 0 atom stereocenters. The molecule has 0 bridgehead atoms. The number of Topliss-reactive ketones (excluding diaryl/α,β-unsaturated/α-hetero) is 1. The first-order valence-electron chi connectivity index (χ1n) is 6.86. The van der Waals surface area contributed by atoms with Crippen molar-refractivity contribution in [2.24, 2.45) is 0 Å². The normalized spacial score (nSPS) is 11.3. The van der Waals surface area contributed by atoms with Gasteiger partial charge in [0.2, 0.25) is 0 Å². The van der Waals surface area contributed by atoms with Gasteiger partial charge in [-0.25, -0.2) is 8.42 Å². The zero-order chi connectivity index (χ0) is 16.0. The zero-order valence-electron chi connectivity index (χ0n) is 12.3. The number of aryl methyl sites for hydroxylation is 1. The lowest BCUT2D eigenvalue weighted by Gasteiger charge is -2.10. The number of carbonyl (C=O) groups is 2. The van der Waals surface area contributed by atoms with Crippen molar-refractivity contribution in [2.45, 2.75) is 44.4 Å². The number of sulfone groups is 1. The first-order valence-corrected chi connectivity index (χ1v) is 8.51. The van der Waals surface area contributed by atoms with Gasteiger partial charge in [0.1, 0.15) is 0 Å². The van der Waals surface area contributed by atoms with Gasteiger partial charge in [0.05, 0.1) is 10.6 Å². The van der Waals surface area contributed by atoms with Crippen molar-refractivity contribution >= 4 is 21.6 Å². The lowest BCUT2D eigenvalue weighted by molar-refractivity contribution is -0.137. The van der Waals surface area contributed by atoms with E-state index in [1.807, 2.05) is 0 Å². The van der Waals surface area contributed by atoms with E-state index >= 15 is 0 Å². The van der Waals surface area contributed by atoms with Crippen LogP contribution < -0.4 is 0 Å². The third kappa shape index (κ3) is 4.97. The lowest BCUT2D eigenvalue weighted by atomic mass is 10.0. The zero-order valence-corrected chi connectivity index (χ0v) is 13.1. The van der Waals surface area contributed by atoms with E-state index in [9.17, 15) is 18.0 Å². The van der Waals surface area contributed by atoms with Crippen molar-refractivity contribution in [1.82, 2.24) is 0 Å². The molecule has 0 saturated carbocycles. The fourth-order valence-electron chi connectivity index (χ4n) is 2.05. The largest absolute Gasteiger partial charge is 0.481 e. The minimum absolute atomic E-state index is 0.00847. The van der Waals surface area contributed by atoms with Crippen molar-refractivity contribution in [1.29, 1.82) is 0 Å². The van der Waals surface area contributed by atoms with Gasteiger partial charge in [0.15, 0.2) is 15.6 Å². The molecule has 0 radical (unpaired) electrons. The Balaban J connectivity index is 3.07. The molecule has 1 N–H and O–H groups in total. The van der Waals surface area contributed by atoms with Gasteiger partial charge in [-0.05, 0) is 31.9 Å². The number of aliphatic carboxylic acids is 1. The molecule has 1 rings (SSSR count). The molecule has 0 saturated heterocycles. The quantitative estimate of drug-likeness (QED) is 0.745. The molecule has 5 nitrogen and oxygen atoms in total. The van der Waals surface area contributed by atoms with Crippen LogP contribution in [-0.4, -0.2) is 31.0 Å². The van der Waals surface area contributed by atoms with Crippen molar-refractivity contribution in [2.75, 3.05) is 5.75 Å². The molecule has 0 heterocycles. The minimum atomic E-state index is -3.48. The van der Waals surface area contributed by atoms with Crippen LogP contribution in [0.4, 0.5) is 0 Å². The van der Waals surface area contributed by atoms with Crippen LogP contribution in [0.1, 0.15) is 48.5 Å². The molecule has 0 aliphatic rings. The number of benzene rings is 1. The highest BCUT2D eigenvalue weighted by Gasteiger charge is 2.21. The fourth-order valence-corrected chi connectivity index (χ4v) is 3.59. The first-order chi connectivity index (χ1) is 9.77. The maximum absolute atomic E-state index is 12.2. The molecule has 21 heavy (non-hydrogen) atoms. The topological polar surface area (TPSA) is 88.5 Å². The molecule has 0 spiro atoms. The summed E-state index contributed by atoms with van der Waals surface area (Å²) in [7, 11) is -3.48. The molecule has 6 heteroatoms. The Bertz CT molecular complexity index is 631. The smallest absolute Gasteiger partial charge is 0.303 e. The van der Waals surface area contributed by atoms with Gasteiger partial charge in [-0.1, -0.05) is 18.6 Å². The number of carboxylic acid groups (broad SMARTS) is 1.